The lowest BCUT2D eigenvalue weighted by molar-refractivity contribution is -0.126. The summed E-state index contributed by atoms with van der Waals surface area (Å²) in [4.78, 5) is 45.2. The van der Waals surface area contributed by atoms with Crippen LogP contribution in [-0.2, 0) is 19.2 Å². The van der Waals surface area contributed by atoms with Crippen molar-refractivity contribution in [3.8, 4) is 0 Å². The van der Waals surface area contributed by atoms with Crippen LogP contribution in [0.2, 0.25) is 0 Å². The van der Waals surface area contributed by atoms with Crippen LogP contribution in [-0.4, -0.2) is 35.7 Å². The first kappa shape index (κ1) is 14.1. The Morgan fingerprint density at radius 2 is 1.09 bits per heavy atom. The van der Waals surface area contributed by atoms with Gasteiger partial charge in [-0.2, -0.15) is 0 Å². The van der Waals surface area contributed by atoms with Gasteiger partial charge in [0.1, 0.15) is 12.1 Å². The van der Waals surface area contributed by atoms with Gasteiger partial charge in [-0.05, 0) is 24.3 Å². The van der Waals surface area contributed by atoms with Crippen molar-refractivity contribution in [1.29, 1.82) is 0 Å². The van der Waals surface area contributed by atoms with Gasteiger partial charge in [0.2, 0.25) is 23.6 Å². The summed E-state index contributed by atoms with van der Waals surface area (Å²) in [6, 6.07) is 5.79. The fraction of sp³-hybridized carbons (Fsp3) is 0.286. The highest BCUT2D eigenvalue weighted by Crippen LogP contribution is 2.18. The molecule has 4 N–H and O–H groups in total. The molecular weight excluding hydrogens is 288 g/mol. The Hall–Kier alpha value is -2.90. The number of rotatable bonds is 4. The number of benzene rings is 1. The van der Waals surface area contributed by atoms with Crippen molar-refractivity contribution in [2.75, 3.05) is 10.6 Å². The van der Waals surface area contributed by atoms with Crippen LogP contribution in [0.3, 0.4) is 0 Å². The summed E-state index contributed by atoms with van der Waals surface area (Å²) in [6.07, 6.45) is 0.229. The van der Waals surface area contributed by atoms with Gasteiger partial charge in [-0.15, -0.1) is 0 Å². The van der Waals surface area contributed by atoms with Crippen LogP contribution < -0.4 is 21.3 Å². The topological polar surface area (TPSA) is 116 Å². The number of carbonyl (C=O) groups excluding carboxylic acids is 4. The predicted octanol–water partition coefficient (Wildman–Crippen LogP) is -0.659. The highest BCUT2D eigenvalue weighted by Gasteiger charge is 2.31. The maximum absolute atomic E-state index is 11.5. The molecule has 0 saturated carbocycles. The molecular formula is C14H14N4O4. The molecule has 2 saturated heterocycles. The number of imide groups is 2. The molecule has 0 bridgehead atoms. The van der Waals surface area contributed by atoms with Gasteiger partial charge in [0.25, 0.3) is 0 Å². The number of amides is 4. The monoisotopic (exact) mass is 302 g/mol. The highest BCUT2D eigenvalue weighted by atomic mass is 16.2. The molecule has 4 amide bonds. The number of hydrogen-bond donors (Lipinski definition) is 4. The minimum absolute atomic E-state index is 0.114. The van der Waals surface area contributed by atoms with Crippen LogP contribution in [0.25, 0.3) is 0 Å². The van der Waals surface area contributed by atoms with E-state index in [-0.39, 0.29) is 36.5 Å². The second-order valence-electron chi connectivity index (χ2n) is 5.20. The van der Waals surface area contributed by atoms with Crippen LogP contribution in [0.15, 0.2) is 24.3 Å². The molecule has 2 fully saturated rings. The molecule has 2 heterocycles. The standard InChI is InChI=1S/C14H14N4O4/c19-11-5-9(13(21)17-11)15-7-1-2-8(4-3-7)16-10-6-12(20)18-14(10)22/h1-4,9-10,15-16H,5-6H2,(H,17,19,21)(H,18,20,22)/t9-,10-/m0/s1. The summed E-state index contributed by atoms with van der Waals surface area (Å²) < 4.78 is 0. The second-order valence-corrected chi connectivity index (χ2v) is 5.20. The summed E-state index contributed by atoms with van der Waals surface area (Å²) in [6.45, 7) is 0. The van der Waals surface area contributed by atoms with Crippen molar-refractivity contribution >= 4 is 35.0 Å². The quantitative estimate of drug-likeness (QED) is 0.549. The highest BCUT2D eigenvalue weighted by molar-refractivity contribution is 6.07. The Morgan fingerprint density at radius 1 is 0.727 bits per heavy atom. The Bertz CT molecular complexity index is 598. The van der Waals surface area contributed by atoms with E-state index in [1.807, 2.05) is 0 Å². The van der Waals surface area contributed by atoms with Gasteiger partial charge in [0.05, 0.1) is 12.8 Å². The molecule has 22 heavy (non-hydrogen) atoms. The van der Waals surface area contributed by atoms with E-state index >= 15 is 0 Å². The van der Waals surface area contributed by atoms with E-state index < -0.39 is 12.1 Å². The van der Waals surface area contributed by atoms with E-state index in [4.69, 9.17) is 0 Å². The molecule has 1 aromatic rings. The maximum atomic E-state index is 11.5. The fourth-order valence-corrected chi connectivity index (χ4v) is 2.41. The Kier molecular flexibility index (Phi) is 3.50. The van der Waals surface area contributed by atoms with Crippen LogP contribution in [0, 0.1) is 0 Å². The molecule has 114 valence electrons. The van der Waals surface area contributed by atoms with E-state index in [0.29, 0.717) is 11.4 Å². The van der Waals surface area contributed by atoms with Crippen LogP contribution in [0.5, 0.6) is 0 Å². The van der Waals surface area contributed by atoms with Crippen LogP contribution >= 0.6 is 0 Å². The second kappa shape index (κ2) is 5.47. The number of hydrogen-bond acceptors (Lipinski definition) is 6. The van der Waals surface area contributed by atoms with Gasteiger partial charge in [0, 0.05) is 11.4 Å². The van der Waals surface area contributed by atoms with Gasteiger partial charge in [-0.1, -0.05) is 0 Å². The predicted molar refractivity (Wildman–Crippen MR) is 76.8 cm³/mol. The van der Waals surface area contributed by atoms with Crippen molar-refractivity contribution in [1.82, 2.24) is 10.6 Å². The lowest BCUT2D eigenvalue weighted by atomic mass is 10.2. The smallest absolute Gasteiger partial charge is 0.249 e. The Labute approximate surface area is 125 Å². The number of anilines is 2. The molecule has 3 rings (SSSR count). The zero-order valence-corrected chi connectivity index (χ0v) is 11.5. The van der Waals surface area contributed by atoms with E-state index in [0.717, 1.165) is 0 Å². The molecule has 1 aromatic carbocycles. The summed E-state index contributed by atoms with van der Waals surface area (Å²) in [5.41, 5.74) is 1.37. The summed E-state index contributed by atoms with van der Waals surface area (Å²) in [5, 5.41) is 10.4. The number of carbonyl (C=O) groups is 4. The van der Waals surface area contributed by atoms with Crippen molar-refractivity contribution in [2.45, 2.75) is 24.9 Å². The minimum atomic E-state index is -0.565. The average Bonchev–Trinajstić information content (AvgIpc) is 2.94. The van der Waals surface area contributed by atoms with E-state index in [1.54, 1.807) is 24.3 Å². The van der Waals surface area contributed by atoms with Crippen LogP contribution in [0.4, 0.5) is 11.4 Å². The largest absolute Gasteiger partial charge is 0.373 e. The lowest BCUT2D eigenvalue weighted by Gasteiger charge is -2.13. The van der Waals surface area contributed by atoms with Gasteiger partial charge in [-0.25, -0.2) is 0 Å². The van der Waals surface area contributed by atoms with Gasteiger partial charge >= 0.3 is 0 Å². The SMILES string of the molecule is O=C1C[C@H](Nc2ccc(N[C@H]3CC(=O)NC3=O)cc2)C(=O)N1. The molecule has 0 aromatic heterocycles. The third kappa shape index (κ3) is 2.90. The van der Waals surface area contributed by atoms with Gasteiger partial charge in [-0.3, -0.25) is 29.8 Å². The molecule has 2 aliphatic heterocycles. The van der Waals surface area contributed by atoms with Gasteiger partial charge in [0.15, 0.2) is 0 Å². The zero-order chi connectivity index (χ0) is 15.7. The van der Waals surface area contributed by atoms with Crippen LogP contribution in [0.1, 0.15) is 12.8 Å². The van der Waals surface area contributed by atoms with Crippen molar-refractivity contribution in [3.05, 3.63) is 24.3 Å². The molecule has 0 aliphatic carbocycles. The number of nitrogens with one attached hydrogen (secondary N) is 4. The maximum Gasteiger partial charge on any atom is 0.249 e. The molecule has 2 aliphatic rings. The van der Waals surface area contributed by atoms with Crippen molar-refractivity contribution in [3.63, 3.8) is 0 Å². The zero-order valence-electron chi connectivity index (χ0n) is 11.5. The van der Waals surface area contributed by atoms with E-state index in [2.05, 4.69) is 21.3 Å². The summed E-state index contributed by atoms with van der Waals surface area (Å²) >= 11 is 0. The average molecular weight is 302 g/mol. The molecule has 0 unspecified atom stereocenters. The Morgan fingerprint density at radius 3 is 1.36 bits per heavy atom. The summed E-state index contributed by atoms with van der Waals surface area (Å²) in [7, 11) is 0. The lowest BCUT2D eigenvalue weighted by Crippen LogP contribution is -2.30. The van der Waals surface area contributed by atoms with Crippen molar-refractivity contribution < 1.29 is 19.2 Å². The first-order chi connectivity index (χ1) is 10.5. The molecule has 0 spiro atoms. The van der Waals surface area contributed by atoms with E-state index in [9.17, 15) is 19.2 Å². The molecule has 8 heteroatoms. The van der Waals surface area contributed by atoms with Gasteiger partial charge < -0.3 is 10.6 Å². The first-order valence-electron chi connectivity index (χ1n) is 6.82. The third-order valence-corrected chi connectivity index (χ3v) is 3.50. The molecule has 2 atom stereocenters. The third-order valence-electron chi connectivity index (χ3n) is 3.50. The minimum Gasteiger partial charge on any atom is -0.373 e. The normalized spacial score (nSPS) is 24.2. The first-order valence-corrected chi connectivity index (χ1v) is 6.82. The summed E-state index contributed by atoms with van der Waals surface area (Å²) in [5.74, 6) is -1.27. The molecule has 0 radical (unpaired) electrons. The molecule has 8 nitrogen and oxygen atoms in total. The van der Waals surface area contributed by atoms with Crippen molar-refractivity contribution in [2.24, 2.45) is 0 Å². The van der Waals surface area contributed by atoms with E-state index in [1.165, 1.54) is 0 Å². The fourth-order valence-electron chi connectivity index (χ4n) is 2.41. The Balaban J connectivity index is 1.61.